The van der Waals surface area contributed by atoms with Gasteiger partial charge in [-0.3, -0.25) is 0 Å². The van der Waals surface area contributed by atoms with E-state index in [-0.39, 0.29) is 0 Å². The van der Waals surface area contributed by atoms with Crippen molar-refractivity contribution >= 4 is 54.0 Å². The average Bonchev–Trinajstić information content (AvgIpc) is 3.39. The fraction of sp³-hybridized carbons (Fsp3) is 0.462. The summed E-state index contributed by atoms with van der Waals surface area (Å²) in [7, 11) is 0. The van der Waals surface area contributed by atoms with E-state index in [2.05, 4.69) is 75.1 Å². The van der Waals surface area contributed by atoms with Crippen molar-refractivity contribution in [1.82, 2.24) is 0 Å². The fourth-order valence-electron chi connectivity index (χ4n) is 4.15. The SMILES string of the molecule is CCC[CH2][Sn]([CH2]CCC)([CH2]CCC)[c]1ccc(C#Cc2cc3ccccc3s2)s1. The standard InChI is InChI=1S/C14H7S2.3C4H9.Sn/c1-2-6-14-11(4-1)10-13(16-14)8-7-12-5-3-9-15-12;3*1-3-4-2;/h1-6,10H;3*1,3-4H2,2H3;. The summed E-state index contributed by atoms with van der Waals surface area (Å²) in [6.45, 7) is 7.06. The third-order valence-electron chi connectivity index (χ3n) is 5.89. The predicted molar refractivity (Wildman–Crippen MR) is 137 cm³/mol. The predicted octanol–water partition coefficient (Wildman–Crippen LogP) is 8.42. The van der Waals surface area contributed by atoms with E-state index in [9.17, 15) is 0 Å². The Morgan fingerprint density at radius 2 is 1.34 bits per heavy atom. The van der Waals surface area contributed by atoms with Crippen LogP contribution in [0.5, 0.6) is 0 Å². The molecule has 0 aliphatic carbocycles. The summed E-state index contributed by atoms with van der Waals surface area (Å²) in [5, 5.41) is 1.31. The number of hydrogen-bond acceptors (Lipinski definition) is 2. The van der Waals surface area contributed by atoms with Gasteiger partial charge in [0, 0.05) is 0 Å². The molecule has 3 aromatic rings. The molecule has 2 heterocycles. The van der Waals surface area contributed by atoms with Gasteiger partial charge < -0.3 is 0 Å². The number of benzene rings is 1. The van der Waals surface area contributed by atoms with Crippen molar-refractivity contribution in [2.75, 3.05) is 0 Å². The Hall–Kier alpha value is -0.761. The summed E-state index contributed by atoms with van der Waals surface area (Å²) >= 11 is 1.55. The molecule has 2 aromatic heterocycles. The van der Waals surface area contributed by atoms with E-state index in [1.165, 1.54) is 71.7 Å². The van der Waals surface area contributed by atoms with Crippen LogP contribution in [0.2, 0.25) is 13.3 Å². The Balaban J connectivity index is 1.85. The van der Waals surface area contributed by atoms with Gasteiger partial charge in [0.1, 0.15) is 0 Å². The molecule has 0 fully saturated rings. The van der Waals surface area contributed by atoms with Crippen LogP contribution in [0.4, 0.5) is 0 Å². The second kappa shape index (κ2) is 11.6. The van der Waals surface area contributed by atoms with Gasteiger partial charge in [-0.15, -0.1) is 0 Å². The van der Waals surface area contributed by atoms with Gasteiger partial charge in [-0.2, -0.15) is 0 Å². The third kappa shape index (κ3) is 6.12. The molecule has 0 unspecified atom stereocenters. The molecule has 0 radical (unpaired) electrons. The monoisotopic (exact) mass is 530 g/mol. The van der Waals surface area contributed by atoms with Crippen molar-refractivity contribution < 1.29 is 0 Å². The summed E-state index contributed by atoms with van der Waals surface area (Å²) in [5.74, 6) is 6.94. The van der Waals surface area contributed by atoms with Crippen LogP contribution in [0.25, 0.3) is 10.1 Å². The summed E-state index contributed by atoms with van der Waals surface area (Å²) in [4.78, 5) is 2.45. The zero-order valence-electron chi connectivity index (χ0n) is 18.2. The van der Waals surface area contributed by atoms with E-state index in [4.69, 9.17) is 0 Å². The van der Waals surface area contributed by atoms with E-state index < -0.39 is 18.4 Å². The minimum absolute atomic E-state index is 1.18. The zero-order chi connectivity index (χ0) is 20.5. The van der Waals surface area contributed by atoms with E-state index in [0.29, 0.717) is 0 Å². The first-order valence-electron chi connectivity index (χ1n) is 11.3. The molecule has 0 saturated heterocycles. The van der Waals surface area contributed by atoms with Crippen LogP contribution < -0.4 is 2.89 Å². The van der Waals surface area contributed by atoms with E-state index in [1.54, 1.807) is 14.2 Å². The molecule has 154 valence electrons. The van der Waals surface area contributed by atoms with Gasteiger partial charge in [-0.1, -0.05) is 0 Å². The van der Waals surface area contributed by atoms with E-state index in [0.717, 1.165) is 0 Å². The van der Waals surface area contributed by atoms with Gasteiger partial charge in [-0.05, 0) is 0 Å². The van der Waals surface area contributed by atoms with Crippen LogP contribution in [0, 0.1) is 11.8 Å². The summed E-state index contributed by atoms with van der Waals surface area (Å²) in [5.41, 5.74) is 0. The Morgan fingerprint density at radius 1 is 0.724 bits per heavy atom. The second-order valence-corrected chi connectivity index (χ2v) is 24.5. The minimum atomic E-state index is -2.30. The van der Waals surface area contributed by atoms with E-state index >= 15 is 0 Å². The fourth-order valence-corrected chi connectivity index (χ4v) is 25.1. The summed E-state index contributed by atoms with van der Waals surface area (Å²) in [6.07, 6.45) is 8.27. The molecule has 0 aliphatic heterocycles. The first-order valence-corrected chi connectivity index (χ1v) is 20.4. The van der Waals surface area contributed by atoms with Gasteiger partial charge in [0.25, 0.3) is 0 Å². The van der Waals surface area contributed by atoms with Crippen molar-refractivity contribution in [2.24, 2.45) is 0 Å². The molecule has 0 saturated carbocycles. The summed E-state index contributed by atoms with van der Waals surface area (Å²) in [6, 6.07) is 15.6. The van der Waals surface area contributed by atoms with Crippen LogP contribution in [0.3, 0.4) is 0 Å². The first kappa shape index (κ1) is 22.9. The molecule has 0 aliphatic rings. The normalized spacial score (nSPS) is 11.6. The third-order valence-corrected chi connectivity index (χ3v) is 26.2. The molecule has 0 amide bonds. The molecule has 29 heavy (non-hydrogen) atoms. The molecule has 1 aromatic carbocycles. The van der Waals surface area contributed by atoms with Gasteiger partial charge in [0.15, 0.2) is 0 Å². The van der Waals surface area contributed by atoms with Crippen molar-refractivity contribution in [1.29, 1.82) is 0 Å². The number of thiophene rings is 2. The van der Waals surface area contributed by atoms with Crippen LogP contribution in [0.1, 0.15) is 69.1 Å². The zero-order valence-corrected chi connectivity index (χ0v) is 22.7. The first-order chi connectivity index (χ1) is 14.2. The number of unbranched alkanes of at least 4 members (excludes halogenated alkanes) is 3. The molecule has 0 nitrogen and oxygen atoms in total. The average molecular weight is 529 g/mol. The van der Waals surface area contributed by atoms with Crippen LogP contribution in [0.15, 0.2) is 42.5 Å². The maximum atomic E-state index is 3.50. The molecule has 0 bridgehead atoms. The molecule has 0 N–H and O–H groups in total. The van der Waals surface area contributed by atoms with Gasteiger partial charge >= 0.3 is 191 Å². The van der Waals surface area contributed by atoms with E-state index in [1.807, 2.05) is 11.3 Å². The van der Waals surface area contributed by atoms with Crippen molar-refractivity contribution in [3.05, 3.63) is 52.2 Å². The van der Waals surface area contributed by atoms with Crippen LogP contribution in [-0.4, -0.2) is 18.4 Å². The Morgan fingerprint density at radius 3 is 1.97 bits per heavy atom. The number of rotatable bonds is 10. The van der Waals surface area contributed by atoms with Crippen molar-refractivity contribution in [3.8, 4) is 11.8 Å². The number of fused-ring (bicyclic) bond motifs is 1. The Labute approximate surface area is 189 Å². The molecule has 3 rings (SSSR count). The van der Waals surface area contributed by atoms with Crippen molar-refractivity contribution in [2.45, 2.75) is 72.6 Å². The van der Waals surface area contributed by atoms with Gasteiger partial charge in [-0.25, -0.2) is 0 Å². The van der Waals surface area contributed by atoms with Gasteiger partial charge in [0.05, 0.1) is 0 Å². The maximum absolute atomic E-state index is 3.50. The molecular formula is C26H34S2Sn. The van der Waals surface area contributed by atoms with Crippen LogP contribution >= 0.6 is 22.7 Å². The summed E-state index contributed by atoms with van der Waals surface area (Å²) < 4.78 is 7.73. The Kier molecular flexibility index (Phi) is 9.15. The topological polar surface area (TPSA) is 0 Å². The van der Waals surface area contributed by atoms with Gasteiger partial charge in [0.2, 0.25) is 0 Å². The molecule has 0 atom stereocenters. The van der Waals surface area contributed by atoms with Crippen LogP contribution in [-0.2, 0) is 0 Å². The van der Waals surface area contributed by atoms with Crippen molar-refractivity contribution in [3.63, 3.8) is 0 Å². The quantitative estimate of drug-likeness (QED) is 0.183. The molecular weight excluding hydrogens is 495 g/mol. The second-order valence-electron chi connectivity index (χ2n) is 8.15. The molecule has 3 heteroatoms. The number of hydrogen-bond donors (Lipinski definition) is 0. The Bertz CT molecular complexity index is 899. The molecule has 0 spiro atoms.